The summed E-state index contributed by atoms with van der Waals surface area (Å²) >= 11 is 0. The van der Waals surface area contributed by atoms with E-state index >= 15 is 0 Å². The molecule has 0 aliphatic rings. The number of rotatable bonds is 3. The summed E-state index contributed by atoms with van der Waals surface area (Å²) in [5, 5.41) is 9.44. The molecule has 0 spiro atoms. The van der Waals surface area contributed by atoms with Crippen LogP contribution in [0.2, 0.25) is 0 Å². The molecule has 0 saturated heterocycles. The van der Waals surface area contributed by atoms with Gasteiger partial charge in [0, 0.05) is 0 Å². The van der Waals surface area contributed by atoms with Gasteiger partial charge in [0.05, 0.1) is 14.5 Å². The van der Waals surface area contributed by atoms with Crippen LogP contribution in [0.4, 0.5) is 0 Å². The number of halogens is 1. The van der Waals surface area contributed by atoms with E-state index in [1.54, 1.807) is 0 Å². The SMILES string of the molecule is [Li+].[O-]CCO[Cl+3]([O-])([O-])[O-]. The molecule has 0 fully saturated rings. The Morgan fingerprint density at radius 3 is 1.78 bits per heavy atom. The van der Waals surface area contributed by atoms with Gasteiger partial charge >= 0.3 is 18.9 Å². The molecular weight excluding hydrogens is 146 g/mol. The van der Waals surface area contributed by atoms with Gasteiger partial charge in [0.15, 0.2) is 6.61 Å². The van der Waals surface area contributed by atoms with Crippen LogP contribution in [0, 0.1) is 10.2 Å². The maximum Gasteiger partial charge on any atom is 1.00 e. The summed E-state index contributed by atoms with van der Waals surface area (Å²) in [7, 11) is -4.39. The molecule has 0 N–H and O–H groups in total. The smallest absolute Gasteiger partial charge is 0.852 e. The van der Waals surface area contributed by atoms with Crippen molar-refractivity contribution in [3.05, 3.63) is 0 Å². The summed E-state index contributed by atoms with van der Waals surface area (Å²) in [6.07, 6.45) is 0. The molecule has 50 valence electrons. The fraction of sp³-hybridized carbons (Fsp3) is 1.00. The standard InChI is InChI=1S/C2H4ClO5.Li/c4-1-2-8-3(5,6)7;/h1-2H2;/q-1;+1. The van der Waals surface area contributed by atoms with Crippen molar-refractivity contribution in [1.29, 1.82) is 0 Å². The molecule has 0 aliphatic carbocycles. The summed E-state index contributed by atoms with van der Waals surface area (Å²) in [6, 6.07) is 0. The zero-order chi connectivity index (χ0) is 6.62. The Morgan fingerprint density at radius 2 is 1.67 bits per heavy atom. The summed E-state index contributed by atoms with van der Waals surface area (Å²) in [5.74, 6) is 0. The average Bonchev–Trinajstić information content (AvgIpc) is 1.59. The van der Waals surface area contributed by atoms with E-state index in [4.69, 9.17) is 0 Å². The molecular formula is C2H4ClLiO5. The van der Waals surface area contributed by atoms with Gasteiger partial charge in [-0.05, 0) is 0 Å². The zero-order valence-corrected chi connectivity index (χ0v) is 5.59. The Balaban J connectivity index is 0. The fourth-order valence-corrected chi connectivity index (χ4v) is 0.378. The van der Waals surface area contributed by atoms with Crippen molar-refractivity contribution < 1.29 is 52.5 Å². The molecule has 5 nitrogen and oxygen atoms in total. The van der Waals surface area contributed by atoms with E-state index in [1.165, 1.54) is 0 Å². The van der Waals surface area contributed by atoms with Crippen molar-refractivity contribution in [2.75, 3.05) is 13.2 Å². The van der Waals surface area contributed by atoms with Gasteiger partial charge < -0.3 is 5.11 Å². The molecule has 0 aromatic rings. The maximum atomic E-state index is 9.45. The molecule has 0 aromatic carbocycles. The Hall–Kier alpha value is 0.687. The van der Waals surface area contributed by atoms with Gasteiger partial charge in [-0.25, -0.2) is 0 Å². The van der Waals surface area contributed by atoms with Gasteiger partial charge in [-0.15, -0.1) is 0 Å². The number of hydrogen-bond donors (Lipinski definition) is 0. The quantitative estimate of drug-likeness (QED) is 0.372. The molecule has 0 aliphatic heterocycles. The minimum absolute atomic E-state index is 0. The van der Waals surface area contributed by atoms with E-state index in [0.717, 1.165) is 0 Å². The molecule has 0 amide bonds. The van der Waals surface area contributed by atoms with Gasteiger partial charge in [0.1, 0.15) is 0 Å². The topological polar surface area (TPSA) is 101 Å². The van der Waals surface area contributed by atoms with Crippen molar-refractivity contribution in [3.8, 4) is 0 Å². The summed E-state index contributed by atoms with van der Waals surface area (Å²) in [6.45, 7) is -1.32. The molecule has 0 radical (unpaired) electrons. The molecule has 7 heteroatoms. The summed E-state index contributed by atoms with van der Waals surface area (Å²) in [4.78, 5) is 0. The van der Waals surface area contributed by atoms with Gasteiger partial charge in [0.25, 0.3) is 0 Å². The number of hydrogen-bond acceptors (Lipinski definition) is 5. The van der Waals surface area contributed by atoms with Crippen LogP contribution in [0.1, 0.15) is 0 Å². The van der Waals surface area contributed by atoms with E-state index in [9.17, 15) is 19.1 Å². The van der Waals surface area contributed by atoms with Crippen LogP contribution in [0.15, 0.2) is 0 Å². The van der Waals surface area contributed by atoms with Crippen LogP contribution < -0.4 is 37.9 Å². The summed E-state index contributed by atoms with van der Waals surface area (Å²) in [5.41, 5.74) is 0. The molecule has 0 rings (SSSR count). The monoisotopic (exact) mass is 150 g/mol. The van der Waals surface area contributed by atoms with E-state index in [1.807, 2.05) is 0 Å². The average molecular weight is 150 g/mol. The van der Waals surface area contributed by atoms with Gasteiger partial charge in [0.2, 0.25) is 0 Å². The van der Waals surface area contributed by atoms with Crippen molar-refractivity contribution in [2.45, 2.75) is 0 Å². The van der Waals surface area contributed by atoms with Crippen molar-refractivity contribution in [1.82, 2.24) is 0 Å². The largest absolute Gasteiger partial charge is 1.00 e. The van der Waals surface area contributed by atoms with Crippen LogP contribution in [-0.4, -0.2) is 13.2 Å². The van der Waals surface area contributed by atoms with Gasteiger partial charge in [-0.2, -0.15) is 14.0 Å². The Bertz CT molecular complexity index is 62.5. The second-order valence-corrected chi connectivity index (χ2v) is 1.87. The first-order valence-electron chi connectivity index (χ1n) is 1.69. The van der Waals surface area contributed by atoms with E-state index in [2.05, 4.69) is 4.29 Å². The van der Waals surface area contributed by atoms with E-state index in [-0.39, 0.29) is 18.9 Å². The predicted octanol–water partition coefficient (Wildman–Crippen LogP) is -7.74. The minimum atomic E-state index is -4.39. The molecule has 9 heavy (non-hydrogen) atoms. The van der Waals surface area contributed by atoms with Crippen molar-refractivity contribution >= 4 is 0 Å². The molecule has 0 unspecified atom stereocenters. The normalized spacial score (nSPS) is 10.7. The van der Waals surface area contributed by atoms with Gasteiger partial charge in [-0.1, -0.05) is 6.61 Å². The Kier molecular flexibility index (Phi) is 7.52. The molecule has 0 bridgehead atoms. The third-order valence-corrected chi connectivity index (χ3v) is 0.716. The van der Waals surface area contributed by atoms with Crippen LogP contribution in [0.25, 0.3) is 0 Å². The second-order valence-electron chi connectivity index (χ2n) is 0.895. The van der Waals surface area contributed by atoms with Crippen LogP contribution >= 0.6 is 0 Å². The summed E-state index contributed by atoms with van der Waals surface area (Å²) < 4.78 is 31.8. The third-order valence-electron chi connectivity index (χ3n) is 0.294. The Morgan fingerprint density at radius 1 is 1.22 bits per heavy atom. The van der Waals surface area contributed by atoms with E-state index in [0.29, 0.717) is 0 Å². The van der Waals surface area contributed by atoms with Crippen LogP contribution in [-0.2, 0) is 4.29 Å². The van der Waals surface area contributed by atoms with Crippen molar-refractivity contribution in [3.63, 3.8) is 0 Å². The fourth-order valence-electron chi connectivity index (χ4n) is 0.126. The Labute approximate surface area is 66.2 Å². The molecule has 0 heterocycles. The van der Waals surface area contributed by atoms with Crippen molar-refractivity contribution in [2.24, 2.45) is 0 Å². The van der Waals surface area contributed by atoms with Crippen LogP contribution in [0.3, 0.4) is 0 Å². The third kappa shape index (κ3) is 12.0. The van der Waals surface area contributed by atoms with Crippen LogP contribution in [0.5, 0.6) is 0 Å². The molecule has 0 atom stereocenters. The first-order valence-corrected chi connectivity index (χ1v) is 2.93. The van der Waals surface area contributed by atoms with Gasteiger partial charge in [-0.3, -0.25) is 0 Å². The first-order chi connectivity index (χ1) is 3.56. The first kappa shape index (κ1) is 12.4. The second kappa shape index (κ2) is 5.47. The minimum Gasteiger partial charge on any atom is -0.852 e. The zero-order valence-electron chi connectivity index (χ0n) is 4.83. The maximum absolute atomic E-state index is 9.45. The van der Waals surface area contributed by atoms with E-state index < -0.39 is 23.5 Å². The molecule has 0 aromatic heterocycles. The predicted molar refractivity (Wildman–Crippen MR) is 10.8 cm³/mol. The molecule has 0 saturated carbocycles.